The molecule has 0 aliphatic carbocycles. The zero-order valence-electron chi connectivity index (χ0n) is 16.5. The largest absolute Gasteiger partial charge is 0.466 e. The third-order valence-corrected chi connectivity index (χ3v) is 7.69. The van der Waals surface area contributed by atoms with Crippen LogP contribution in [-0.4, -0.2) is 58.0 Å². The number of carbonyl (C=O) groups excluding carboxylic acids is 2. The van der Waals surface area contributed by atoms with Crippen LogP contribution in [0.15, 0.2) is 21.7 Å². The first-order chi connectivity index (χ1) is 13.6. The van der Waals surface area contributed by atoms with Gasteiger partial charge in [0, 0.05) is 40.8 Å². The predicted molar refractivity (Wildman–Crippen MR) is 118 cm³/mol. The summed E-state index contributed by atoms with van der Waals surface area (Å²) in [6.07, 6.45) is 5.75. The summed E-state index contributed by atoms with van der Waals surface area (Å²) >= 11 is 4.72. The normalized spacial score (nSPS) is 17.9. The van der Waals surface area contributed by atoms with Crippen molar-refractivity contribution in [3.05, 3.63) is 16.8 Å². The first-order valence-corrected chi connectivity index (χ1v) is 12.9. The highest BCUT2D eigenvalue weighted by Gasteiger charge is 2.31. The number of hydrogen-bond donors (Lipinski definition) is 1. The monoisotopic (exact) mass is 445 g/mol. The lowest BCUT2D eigenvalue weighted by Crippen LogP contribution is -2.35. The van der Waals surface area contributed by atoms with Gasteiger partial charge in [-0.25, -0.2) is 0 Å². The summed E-state index contributed by atoms with van der Waals surface area (Å²) in [5, 5.41) is 14.5. The number of unbranched alkanes of at least 4 members (excludes halogenated alkanes) is 3. The molecule has 2 heterocycles. The molecule has 0 bridgehead atoms. The van der Waals surface area contributed by atoms with Crippen molar-refractivity contribution < 1.29 is 19.4 Å². The standard InChI is InChI=1S/C20H31NO4S3/c1-2-25-19(23)8-6-4-3-5-7-16-13-28-20(24)21(16)11-9-17(22)14-27-18-10-12-26-15-18/h10,12,15-17,22H,2-9,11,13-14H2,1H3. The number of thioether (sulfide) groups is 2. The highest BCUT2D eigenvalue weighted by atomic mass is 32.2. The zero-order chi connectivity index (χ0) is 20.2. The Hall–Kier alpha value is -0.700. The Morgan fingerprint density at radius 2 is 2.21 bits per heavy atom. The molecule has 1 aromatic heterocycles. The van der Waals surface area contributed by atoms with Crippen LogP contribution in [0.3, 0.4) is 0 Å². The van der Waals surface area contributed by atoms with Gasteiger partial charge in [-0.2, -0.15) is 11.3 Å². The number of aliphatic hydroxyl groups excluding tert-OH is 1. The van der Waals surface area contributed by atoms with Gasteiger partial charge >= 0.3 is 5.97 Å². The summed E-state index contributed by atoms with van der Waals surface area (Å²) in [5.74, 6) is 1.40. The van der Waals surface area contributed by atoms with Gasteiger partial charge in [0.15, 0.2) is 0 Å². The van der Waals surface area contributed by atoms with Crippen molar-refractivity contribution in [1.29, 1.82) is 0 Å². The molecule has 1 aliphatic rings. The summed E-state index contributed by atoms with van der Waals surface area (Å²) in [6.45, 7) is 2.90. The van der Waals surface area contributed by atoms with Crippen LogP contribution in [-0.2, 0) is 9.53 Å². The van der Waals surface area contributed by atoms with E-state index in [-0.39, 0.29) is 17.3 Å². The molecular formula is C20H31NO4S3. The van der Waals surface area contributed by atoms with E-state index in [1.165, 1.54) is 16.7 Å². The van der Waals surface area contributed by atoms with Gasteiger partial charge in [0.05, 0.1) is 12.7 Å². The number of carbonyl (C=O) groups is 2. The number of ether oxygens (including phenoxy) is 1. The summed E-state index contributed by atoms with van der Waals surface area (Å²) in [7, 11) is 0. The number of rotatable bonds is 14. The molecule has 2 rings (SSSR count). The van der Waals surface area contributed by atoms with E-state index in [4.69, 9.17) is 4.74 Å². The third kappa shape index (κ3) is 8.76. The molecule has 2 atom stereocenters. The minimum atomic E-state index is -0.396. The van der Waals surface area contributed by atoms with Gasteiger partial charge in [0.25, 0.3) is 5.24 Å². The first kappa shape index (κ1) is 23.6. The van der Waals surface area contributed by atoms with Crippen molar-refractivity contribution in [1.82, 2.24) is 4.90 Å². The van der Waals surface area contributed by atoms with Crippen LogP contribution in [0, 0.1) is 0 Å². The summed E-state index contributed by atoms with van der Waals surface area (Å²) in [4.78, 5) is 26.6. The molecule has 8 heteroatoms. The lowest BCUT2D eigenvalue weighted by atomic mass is 10.1. The highest BCUT2D eigenvalue weighted by Crippen LogP contribution is 2.28. The first-order valence-electron chi connectivity index (χ1n) is 10.0. The third-order valence-electron chi connectivity index (χ3n) is 4.69. The maximum Gasteiger partial charge on any atom is 0.305 e. The second kappa shape index (κ2) is 13.5. The zero-order valence-corrected chi connectivity index (χ0v) is 19.0. The topological polar surface area (TPSA) is 66.8 Å². The smallest absolute Gasteiger partial charge is 0.305 e. The van der Waals surface area contributed by atoms with E-state index in [1.807, 2.05) is 17.2 Å². The second-order valence-electron chi connectivity index (χ2n) is 6.89. The Morgan fingerprint density at radius 1 is 1.39 bits per heavy atom. The van der Waals surface area contributed by atoms with Crippen LogP contribution in [0.4, 0.5) is 4.79 Å². The molecule has 2 unspecified atom stereocenters. The molecule has 1 amide bonds. The van der Waals surface area contributed by atoms with Crippen molar-refractivity contribution in [2.45, 2.75) is 68.9 Å². The number of hydrogen-bond acceptors (Lipinski definition) is 7. The molecule has 158 valence electrons. The fourth-order valence-corrected chi connectivity index (χ4v) is 5.98. The van der Waals surface area contributed by atoms with Crippen LogP contribution in [0.25, 0.3) is 0 Å². The van der Waals surface area contributed by atoms with Crippen LogP contribution in [0.5, 0.6) is 0 Å². The van der Waals surface area contributed by atoms with Crippen molar-refractivity contribution >= 4 is 46.1 Å². The van der Waals surface area contributed by atoms with Gasteiger partial charge in [-0.05, 0) is 37.6 Å². The Bertz CT molecular complexity index is 582. The molecule has 1 aromatic rings. The molecular weight excluding hydrogens is 414 g/mol. The fourth-order valence-electron chi connectivity index (χ4n) is 3.14. The van der Waals surface area contributed by atoms with Crippen LogP contribution in [0.1, 0.15) is 51.9 Å². The minimum Gasteiger partial charge on any atom is -0.466 e. The summed E-state index contributed by atoms with van der Waals surface area (Å²) in [6, 6.07) is 2.34. The molecule has 0 saturated carbocycles. The van der Waals surface area contributed by atoms with Crippen LogP contribution in [0.2, 0.25) is 0 Å². The van der Waals surface area contributed by atoms with Crippen LogP contribution < -0.4 is 0 Å². The van der Waals surface area contributed by atoms with Crippen molar-refractivity contribution in [3.8, 4) is 0 Å². The van der Waals surface area contributed by atoms with E-state index < -0.39 is 6.10 Å². The lowest BCUT2D eigenvalue weighted by Gasteiger charge is -2.25. The van der Waals surface area contributed by atoms with E-state index in [0.717, 1.165) is 37.9 Å². The molecule has 1 N–H and O–H groups in total. The van der Waals surface area contributed by atoms with Gasteiger partial charge in [0.1, 0.15) is 0 Å². The molecule has 1 fully saturated rings. The summed E-state index contributed by atoms with van der Waals surface area (Å²) in [5.41, 5.74) is 0. The van der Waals surface area contributed by atoms with Gasteiger partial charge < -0.3 is 14.7 Å². The lowest BCUT2D eigenvalue weighted by molar-refractivity contribution is -0.143. The van der Waals surface area contributed by atoms with E-state index >= 15 is 0 Å². The molecule has 28 heavy (non-hydrogen) atoms. The molecule has 0 aromatic carbocycles. The fraction of sp³-hybridized carbons (Fsp3) is 0.700. The summed E-state index contributed by atoms with van der Waals surface area (Å²) < 4.78 is 4.93. The number of nitrogens with zero attached hydrogens (tertiary/aromatic N) is 1. The van der Waals surface area contributed by atoms with Crippen LogP contribution >= 0.6 is 34.9 Å². The van der Waals surface area contributed by atoms with Crippen molar-refractivity contribution in [3.63, 3.8) is 0 Å². The van der Waals surface area contributed by atoms with Gasteiger partial charge in [0.2, 0.25) is 0 Å². The van der Waals surface area contributed by atoms with Gasteiger partial charge in [-0.1, -0.05) is 31.0 Å². The number of aliphatic hydroxyl groups is 1. The Labute approximate surface area is 180 Å². The van der Waals surface area contributed by atoms with Gasteiger partial charge in [-0.3, -0.25) is 9.59 Å². The SMILES string of the molecule is CCOC(=O)CCCCCCC1CSC(=O)N1CCC(O)CSc1ccsc1. The molecule has 1 aliphatic heterocycles. The molecule has 5 nitrogen and oxygen atoms in total. The minimum absolute atomic E-state index is 0.109. The quantitative estimate of drug-likeness (QED) is 0.246. The number of esters is 1. The van der Waals surface area contributed by atoms with E-state index in [9.17, 15) is 14.7 Å². The van der Waals surface area contributed by atoms with Crippen molar-refractivity contribution in [2.24, 2.45) is 0 Å². The predicted octanol–water partition coefficient (Wildman–Crippen LogP) is 5.03. The average Bonchev–Trinajstić information content (AvgIpc) is 3.31. The van der Waals surface area contributed by atoms with Crippen molar-refractivity contribution in [2.75, 3.05) is 24.7 Å². The number of amides is 1. The van der Waals surface area contributed by atoms with Gasteiger partial charge in [-0.15, -0.1) is 11.8 Å². The highest BCUT2D eigenvalue weighted by molar-refractivity contribution is 8.13. The maximum absolute atomic E-state index is 12.2. The van der Waals surface area contributed by atoms with E-state index in [2.05, 4.69) is 11.4 Å². The molecule has 0 spiro atoms. The van der Waals surface area contributed by atoms with E-state index in [1.54, 1.807) is 23.1 Å². The Balaban J connectivity index is 1.59. The maximum atomic E-state index is 12.2. The molecule has 1 saturated heterocycles. The average molecular weight is 446 g/mol. The Kier molecular flexibility index (Phi) is 11.4. The number of thiophene rings is 1. The second-order valence-corrected chi connectivity index (χ2v) is 9.74. The molecule has 0 radical (unpaired) electrons. The van der Waals surface area contributed by atoms with E-state index in [0.29, 0.717) is 31.7 Å². The Morgan fingerprint density at radius 3 is 2.96 bits per heavy atom.